The van der Waals surface area contributed by atoms with Gasteiger partial charge in [-0.1, -0.05) is 0 Å². The molecular formula is C8H15O5P. The SMILES string of the molecule is CCOP(C)(=O)CCC(=O)C(=O)OC. The van der Waals surface area contributed by atoms with Gasteiger partial charge in [0, 0.05) is 19.2 Å². The Balaban J connectivity index is 4.00. The van der Waals surface area contributed by atoms with Gasteiger partial charge < -0.3 is 9.26 Å². The molecule has 6 heteroatoms. The van der Waals surface area contributed by atoms with Crippen molar-refractivity contribution >= 4 is 19.1 Å². The maximum absolute atomic E-state index is 11.5. The molecule has 0 saturated carbocycles. The summed E-state index contributed by atoms with van der Waals surface area (Å²) in [7, 11) is -1.59. The van der Waals surface area contributed by atoms with Crippen LogP contribution in [0.4, 0.5) is 0 Å². The molecule has 1 atom stereocenters. The number of carbonyl (C=O) groups excluding carboxylic acids is 2. The molecule has 82 valence electrons. The zero-order chi connectivity index (χ0) is 11.2. The molecule has 0 aliphatic rings. The number of esters is 1. The maximum Gasteiger partial charge on any atom is 0.374 e. The van der Waals surface area contributed by atoms with Gasteiger partial charge in [0.25, 0.3) is 0 Å². The number of ether oxygens (including phenoxy) is 1. The van der Waals surface area contributed by atoms with E-state index in [1.807, 2.05) is 0 Å². The Hall–Kier alpha value is -0.670. The second-order valence-corrected chi connectivity index (χ2v) is 5.55. The molecule has 0 aliphatic heterocycles. The van der Waals surface area contributed by atoms with Crippen molar-refractivity contribution in [2.45, 2.75) is 13.3 Å². The zero-order valence-electron chi connectivity index (χ0n) is 8.61. The molecule has 0 amide bonds. The Kier molecular flexibility index (Phi) is 5.65. The van der Waals surface area contributed by atoms with Crippen molar-refractivity contribution in [1.29, 1.82) is 0 Å². The number of methoxy groups -OCH3 is 1. The highest BCUT2D eigenvalue weighted by Gasteiger charge is 2.20. The zero-order valence-corrected chi connectivity index (χ0v) is 9.50. The lowest BCUT2D eigenvalue weighted by atomic mass is 10.3. The number of rotatable bonds is 6. The van der Waals surface area contributed by atoms with Crippen molar-refractivity contribution in [2.24, 2.45) is 0 Å². The van der Waals surface area contributed by atoms with Gasteiger partial charge in [-0.25, -0.2) is 4.79 Å². The second-order valence-electron chi connectivity index (χ2n) is 2.82. The van der Waals surface area contributed by atoms with Crippen molar-refractivity contribution in [1.82, 2.24) is 0 Å². The van der Waals surface area contributed by atoms with Crippen molar-refractivity contribution in [3.63, 3.8) is 0 Å². The van der Waals surface area contributed by atoms with Crippen LogP contribution in [-0.4, -0.2) is 38.3 Å². The van der Waals surface area contributed by atoms with Crippen LogP contribution in [0.3, 0.4) is 0 Å². The van der Waals surface area contributed by atoms with E-state index in [2.05, 4.69) is 4.74 Å². The van der Waals surface area contributed by atoms with Crippen molar-refractivity contribution in [3.05, 3.63) is 0 Å². The van der Waals surface area contributed by atoms with Crippen LogP contribution in [0.5, 0.6) is 0 Å². The summed E-state index contributed by atoms with van der Waals surface area (Å²) in [5, 5.41) is 0. The smallest absolute Gasteiger partial charge is 0.374 e. The Morgan fingerprint density at radius 1 is 1.36 bits per heavy atom. The molecule has 0 saturated heterocycles. The largest absolute Gasteiger partial charge is 0.463 e. The first-order chi connectivity index (χ1) is 6.43. The lowest BCUT2D eigenvalue weighted by molar-refractivity contribution is -0.151. The number of Topliss-reactive ketones (excluding diaryl/α,β-unsaturated/α-hetero) is 1. The third-order valence-corrected chi connectivity index (χ3v) is 3.40. The summed E-state index contributed by atoms with van der Waals surface area (Å²) in [4.78, 5) is 21.7. The van der Waals surface area contributed by atoms with E-state index in [0.29, 0.717) is 6.61 Å². The average Bonchev–Trinajstić information content (AvgIpc) is 2.13. The highest BCUT2D eigenvalue weighted by Crippen LogP contribution is 2.42. The summed E-state index contributed by atoms with van der Waals surface area (Å²) >= 11 is 0. The monoisotopic (exact) mass is 222 g/mol. The normalized spacial score (nSPS) is 14.5. The van der Waals surface area contributed by atoms with Crippen LogP contribution < -0.4 is 0 Å². The van der Waals surface area contributed by atoms with Gasteiger partial charge >= 0.3 is 5.97 Å². The molecule has 5 nitrogen and oxygen atoms in total. The minimum absolute atomic E-state index is 0.0781. The lowest BCUT2D eigenvalue weighted by Crippen LogP contribution is -2.16. The molecule has 0 N–H and O–H groups in total. The predicted octanol–water partition coefficient (Wildman–Crippen LogP) is 1.06. The summed E-state index contributed by atoms with van der Waals surface area (Å²) in [6, 6.07) is 0. The fraction of sp³-hybridized carbons (Fsp3) is 0.750. The average molecular weight is 222 g/mol. The Morgan fingerprint density at radius 2 is 1.93 bits per heavy atom. The van der Waals surface area contributed by atoms with Crippen LogP contribution in [0, 0.1) is 0 Å². The van der Waals surface area contributed by atoms with Crippen LogP contribution in [-0.2, 0) is 23.4 Å². The van der Waals surface area contributed by atoms with Crippen molar-refractivity contribution in [3.8, 4) is 0 Å². The first kappa shape index (κ1) is 13.3. The van der Waals surface area contributed by atoms with Crippen molar-refractivity contribution in [2.75, 3.05) is 26.5 Å². The molecule has 0 aliphatic carbocycles. The van der Waals surface area contributed by atoms with Gasteiger partial charge in [0.2, 0.25) is 13.2 Å². The topological polar surface area (TPSA) is 69.7 Å². The van der Waals surface area contributed by atoms with Gasteiger partial charge in [-0.2, -0.15) is 0 Å². The first-order valence-electron chi connectivity index (χ1n) is 4.25. The number of carbonyl (C=O) groups is 2. The molecule has 0 aromatic heterocycles. The standard InChI is InChI=1S/C8H15O5P/c1-4-13-14(3,11)6-5-7(9)8(10)12-2/h4-6H2,1-3H3. The third-order valence-electron chi connectivity index (χ3n) is 1.56. The van der Waals surface area contributed by atoms with E-state index in [1.54, 1.807) is 6.92 Å². The van der Waals surface area contributed by atoms with E-state index in [-0.39, 0.29) is 12.6 Å². The van der Waals surface area contributed by atoms with Crippen LogP contribution >= 0.6 is 7.37 Å². The van der Waals surface area contributed by atoms with Crippen LogP contribution in [0.25, 0.3) is 0 Å². The summed E-state index contributed by atoms with van der Waals surface area (Å²) in [6.45, 7) is 3.50. The van der Waals surface area contributed by atoms with Gasteiger partial charge in [0.05, 0.1) is 13.7 Å². The second kappa shape index (κ2) is 5.94. The quantitative estimate of drug-likeness (QED) is 0.382. The van der Waals surface area contributed by atoms with Crippen LogP contribution in [0.15, 0.2) is 0 Å². The molecule has 0 fully saturated rings. The van der Waals surface area contributed by atoms with Gasteiger partial charge in [-0.3, -0.25) is 9.36 Å². The summed E-state index contributed by atoms with van der Waals surface area (Å²) in [6.07, 6.45) is -0.0186. The highest BCUT2D eigenvalue weighted by molar-refractivity contribution is 7.58. The van der Waals surface area contributed by atoms with Gasteiger partial charge in [0.15, 0.2) is 0 Å². The van der Waals surface area contributed by atoms with Gasteiger partial charge in [-0.15, -0.1) is 0 Å². The minimum Gasteiger partial charge on any atom is -0.463 e. The Morgan fingerprint density at radius 3 is 2.36 bits per heavy atom. The first-order valence-corrected chi connectivity index (χ1v) is 6.51. The molecule has 14 heavy (non-hydrogen) atoms. The molecule has 1 unspecified atom stereocenters. The van der Waals surface area contributed by atoms with E-state index >= 15 is 0 Å². The molecule has 0 aromatic rings. The van der Waals surface area contributed by atoms with E-state index in [4.69, 9.17) is 4.52 Å². The number of hydrogen-bond donors (Lipinski definition) is 0. The highest BCUT2D eigenvalue weighted by atomic mass is 31.2. The van der Waals surface area contributed by atoms with E-state index < -0.39 is 19.1 Å². The number of ketones is 1. The fourth-order valence-corrected chi connectivity index (χ4v) is 2.14. The van der Waals surface area contributed by atoms with Crippen LogP contribution in [0.2, 0.25) is 0 Å². The molecular weight excluding hydrogens is 207 g/mol. The summed E-state index contributed by atoms with van der Waals surface area (Å²) in [5.74, 6) is -1.57. The Bertz CT molecular complexity index is 260. The van der Waals surface area contributed by atoms with Crippen molar-refractivity contribution < 1.29 is 23.4 Å². The molecule has 0 radical (unpaired) electrons. The number of hydrogen-bond acceptors (Lipinski definition) is 5. The summed E-state index contributed by atoms with van der Waals surface area (Å²) in [5.41, 5.74) is 0. The molecule has 0 rings (SSSR count). The molecule has 0 aromatic carbocycles. The fourth-order valence-electron chi connectivity index (χ4n) is 0.858. The third kappa shape index (κ3) is 5.14. The van der Waals surface area contributed by atoms with Gasteiger partial charge in [-0.05, 0) is 6.92 Å². The minimum atomic E-state index is -2.73. The van der Waals surface area contributed by atoms with E-state index in [0.717, 1.165) is 7.11 Å². The van der Waals surface area contributed by atoms with Gasteiger partial charge in [0.1, 0.15) is 0 Å². The lowest BCUT2D eigenvalue weighted by Gasteiger charge is -2.10. The maximum atomic E-state index is 11.5. The molecule has 0 heterocycles. The molecule has 0 bridgehead atoms. The van der Waals surface area contributed by atoms with Crippen LogP contribution in [0.1, 0.15) is 13.3 Å². The summed E-state index contributed by atoms with van der Waals surface area (Å²) < 4.78 is 20.7. The van der Waals surface area contributed by atoms with E-state index in [1.165, 1.54) is 6.66 Å². The predicted molar refractivity (Wildman–Crippen MR) is 51.7 cm³/mol. The van der Waals surface area contributed by atoms with E-state index in [9.17, 15) is 14.2 Å². The molecule has 0 spiro atoms. The Labute approximate surface area is 83.2 Å².